The monoisotopic (exact) mass is 220 g/mol. The molecule has 1 atom stereocenters. The van der Waals surface area contributed by atoms with Gasteiger partial charge in [0, 0.05) is 0 Å². The Morgan fingerprint density at radius 2 is 2.06 bits per heavy atom. The molecule has 0 rings (SSSR count). The zero-order valence-electron chi connectivity index (χ0n) is 10.8. The van der Waals surface area contributed by atoms with Crippen molar-refractivity contribution in [3.8, 4) is 12.3 Å². The first-order valence-corrected chi connectivity index (χ1v) is 5.87. The third-order valence-corrected chi connectivity index (χ3v) is 2.62. The van der Waals surface area contributed by atoms with Crippen LogP contribution in [0, 0.1) is 12.3 Å². The molecule has 0 aromatic carbocycles. The standard InChI is InChI=1S/C15H24O/c1-6-15(5,16)12-11-14(4)10-8-7-9-13(2)3/h1,10,16H,2,7-9,11-12H2,3-5H3/b14-10+. The van der Waals surface area contributed by atoms with E-state index in [1.54, 1.807) is 6.92 Å². The summed E-state index contributed by atoms with van der Waals surface area (Å²) in [6.45, 7) is 9.70. The van der Waals surface area contributed by atoms with Gasteiger partial charge in [-0.25, -0.2) is 0 Å². The van der Waals surface area contributed by atoms with Gasteiger partial charge in [-0.1, -0.05) is 23.1 Å². The lowest BCUT2D eigenvalue weighted by atomic mass is 9.97. The molecule has 16 heavy (non-hydrogen) atoms. The lowest BCUT2D eigenvalue weighted by molar-refractivity contribution is 0.113. The summed E-state index contributed by atoms with van der Waals surface area (Å²) in [6, 6.07) is 0. The Kier molecular flexibility index (Phi) is 6.85. The van der Waals surface area contributed by atoms with Gasteiger partial charge in [0.05, 0.1) is 0 Å². The van der Waals surface area contributed by atoms with Gasteiger partial charge in [-0.05, 0) is 52.9 Å². The van der Waals surface area contributed by atoms with E-state index in [-0.39, 0.29) is 0 Å². The molecule has 0 aromatic heterocycles. The van der Waals surface area contributed by atoms with Crippen LogP contribution in [-0.2, 0) is 0 Å². The Labute approximate surface area is 100 Å². The van der Waals surface area contributed by atoms with E-state index >= 15 is 0 Å². The van der Waals surface area contributed by atoms with Crippen LogP contribution in [0.1, 0.15) is 52.9 Å². The summed E-state index contributed by atoms with van der Waals surface area (Å²) in [5.41, 5.74) is 1.57. The van der Waals surface area contributed by atoms with Crippen molar-refractivity contribution in [2.24, 2.45) is 0 Å². The van der Waals surface area contributed by atoms with Crippen molar-refractivity contribution in [3.05, 3.63) is 23.8 Å². The van der Waals surface area contributed by atoms with Crippen molar-refractivity contribution in [2.75, 3.05) is 0 Å². The molecule has 0 saturated carbocycles. The average Bonchev–Trinajstić information content (AvgIpc) is 2.21. The fraction of sp³-hybridized carbons (Fsp3) is 0.600. The Morgan fingerprint density at radius 3 is 2.56 bits per heavy atom. The van der Waals surface area contributed by atoms with Crippen LogP contribution < -0.4 is 0 Å². The molecular weight excluding hydrogens is 196 g/mol. The highest BCUT2D eigenvalue weighted by molar-refractivity contribution is 5.08. The van der Waals surface area contributed by atoms with E-state index in [2.05, 4.69) is 32.4 Å². The summed E-state index contributed by atoms with van der Waals surface area (Å²) in [5.74, 6) is 2.40. The van der Waals surface area contributed by atoms with E-state index in [1.165, 1.54) is 11.1 Å². The number of terminal acetylenes is 1. The number of rotatable bonds is 7. The summed E-state index contributed by atoms with van der Waals surface area (Å²) in [4.78, 5) is 0. The van der Waals surface area contributed by atoms with Crippen molar-refractivity contribution >= 4 is 0 Å². The maximum Gasteiger partial charge on any atom is 0.122 e. The fourth-order valence-corrected chi connectivity index (χ4v) is 1.37. The van der Waals surface area contributed by atoms with E-state index in [9.17, 15) is 5.11 Å². The zero-order valence-corrected chi connectivity index (χ0v) is 10.8. The Morgan fingerprint density at radius 1 is 1.44 bits per heavy atom. The van der Waals surface area contributed by atoms with Gasteiger partial charge < -0.3 is 5.11 Å². The number of hydrogen-bond donors (Lipinski definition) is 1. The van der Waals surface area contributed by atoms with Crippen molar-refractivity contribution < 1.29 is 5.11 Å². The maximum absolute atomic E-state index is 9.64. The molecule has 0 bridgehead atoms. The molecule has 0 radical (unpaired) electrons. The van der Waals surface area contributed by atoms with Gasteiger partial charge in [0.25, 0.3) is 0 Å². The van der Waals surface area contributed by atoms with E-state index in [0.29, 0.717) is 6.42 Å². The van der Waals surface area contributed by atoms with Gasteiger partial charge >= 0.3 is 0 Å². The number of unbranched alkanes of at least 4 members (excludes halogenated alkanes) is 1. The molecule has 1 nitrogen and oxygen atoms in total. The molecule has 1 N–H and O–H groups in total. The number of hydrogen-bond acceptors (Lipinski definition) is 1. The van der Waals surface area contributed by atoms with Crippen molar-refractivity contribution in [1.82, 2.24) is 0 Å². The van der Waals surface area contributed by atoms with Crippen LogP contribution in [0.4, 0.5) is 0 Å². The highest BCUT2D eigenvalue weighted by Gasteiger charge is 2.15. The topological polar surface area (TPSA) is 20.2 Å². The lowest BCUT2D eigenvalue weighted by Gasteiger charge is -2.15. The molecule has 0 fully saturated rings. The van der Waals surface area contributed by atoms with Gasteiger partial charge in [0.2, 0.25) is 0 Å². The summed E-state index contributed by atoms with van der Waals surface area (Å²) in [7, 11) is 0. The van der Waals surface area contributed by atoms with Crippen LogP contribution in [0.5, 0.6) is 0 Å². The van der Waals surface area contributed by atoms with Gasteiger partial charge in [-0.15, -0.1) is 13.0 Å². The molecular formula is C15H24O. The number of allylic oxidation sites excluding steroid dienone is 3. The van der Waals surface area contributed by atoms with Crippen LogP contribution in [0.3, 0.4) is 0 Å². The highest BCUT2D eigenvalue weighted by atomic mass is 16.3. The summed E-state index contributed by atoms with van der Waals surface area (Å²) in [5, 5.41) is 9.64. The SMILES string of the molecule is C#CC(C)(O)CC/C(C)=C/CCCC(=C)C. The quantitative estimate of drug-likeness (QED) is 0.392. The molecule has 0 aliphatic heterocycles. The van der Waals surface area contributed by atoms with Gasteiger partial charge in [-0.3, -0.25) is 0 Å². The molecule has 0 heterocycles. The molecule has 0 aliphatic rings. The third kappa shape index (κ3) is 8.32. The smallest absolute Gasteiger partial charge is 0.122 e. The Balaban J connectivity index is 3.81. The second-order valence-electron chi connectivity index (χ2n) is 4.82. The van der Waals surface area contributed by atoms with Gasteiger partial charge in [0.1, 0.15) is 5.60 Å². The van der Waals surface area contributed by atoms with Gasteiger partial charge in [-0.2, -0.15) is 0 Å². The minimum absolute atomic E-state index is 0.631. The normalized spacial score (nSPS) is 15.3. The van der Waals surface area contributed by atoms with Crippen molar-refractivity contribution in [1.29, 1.82) is 0 Å². The van der Waals surface area contributed by atoms with Crippen LogP contribution in [-0.4, -0.2) is 10.7 Å². The molecule has 0 aromatic rings. The molecule has 0 aliphatic carbocycles. The first-order chi connectivity index (χ1) is 7.37. The van der Waals surface area contributed by atoms with Crippen molar-refractivity contribution in [2.45, 2.75) is 58.5 Å². The lowest BCUT2D eigenvalue weighted by Crippen LogP contribution is -2.20. The highest BCUT2D eigenvalue weighted by Crippen LogP contribution is 2.16. The summed E-state index contributed by atoms with van der Waals surface area (Å²) in [6.07, 6.45) is 12.3. The Hall–Kier alpha value is -1.00. The van der Waals surface area contributed by atoms with E-state index in [4.69, 9.17) is 6.42 Å². The van der Waals surface area contributed by atoms with Crippen molar-refractivity contribution in [3.63, 3.8) is 0 Å². The van der Waals surface area contributed by atoms with E-state index < -0.39 is 5.60 Å². The molecule has 0 amide bonds. The second-order valence-corrected chi connectivity index (χ2v) is 4.82. The maximum atomic E-state index is 9.64. The molecule has 1 unspecified atom stereocenters. The zero-order chi connectivity index (χ0) is 12.6. The van der Waals surface area contributed by atoms with Gasteiger partial charge in [0.15, 0.2) is 0 Å². The largest absolute Gasteiger partial charge is 0.378 e. The summed E-state index contributed by atoms with van der Waals surface area (Å²) < 4.78 is 0. The third-order valence-electron chi connectivity index (χ3n) is 2.62. The predicted molar refractivity (Wildman–Crippen MR) is 71.1 cm³/mol. The first-order valence-electron chi connectivity index (χ1n) is 5.87. The minimum Gasteiger partial charge on any atom is -0.378 e. The molecule has 0 saturated heterocycles. The average molecular weight is 220 g/mol. The minimum atomic E-state index is -0.965. The Bertz CT molecular complexity index is 289. The molecule has 90 valence electrons. The van der Waals surface area contributed by atoms with Crippen LogP contribution in [0.2, 0.25) is 0 Å². The van der Waals surface area contributed by atoms with Crippen LogP contribution in [0.25, 0.3) is 0 Å². The summed E-state index contributed by atoms with van der Waals surface area (Å²) >= 11 is 0. The first kappa shape index (κ1) is 15.0. The second kappa shape index (κ2) is 7.30. The van der Waals surface area contributed by atoms with E-state index in [1.807, 2.05) is 0 Å². The van der Waals surface area contributed by atoms with Crippen LogP contribution >= 0.6 is 0 Å². The predicted octanol–water partition coefficient (Wildman–Crippen LogP) is 3.84. The molecule has 1 heteroatoms. The molecule has 0 spiro atoms. The number of aliphatic hydroxyl groups is 1. The fourth-order valence-electron chi connectivity index (χ4n) is 1.37. The van der Waals surface area contributed by atoms with E-state index in [0.717, 1.165) is 25.7 Å². The van der Waals surface area contributed by atoms with Crippen LogP contribution in [0.15, 0.2) is 23.8 Å².